The first-order chi connectivity index (χ1) is 16.6. The van der Waals surface area contributed by atoms with Gasteiger partial charge >= 0.3 is 5.97 Å². The Balaban J connectivity index is 1.70. The predicted octanol–water partition coefficient (Wildman–Crippen LogP) is 5.54. The average molecular weight is 490 g/mol. The van der Waals surface area contributed by atoms with Crippen LogP contribution in [0.1, 0.15) is 28.6 Å². The van der Waals surface area contributed by atoms with Crippen LogP contribution in [0.25, 0.3) is 17.4 Å². The Hall–Kier alpha value is -4.28. The summed E-state index contributed by atoms with van der Waals surface area (Å²) in [5.41, 5.74) is -0.224. The van der Waals surface area contributed by atoms with Gasteiger partial charge in [-0.1, -0.05) is 12.1 Å². The van der Waals surface area contributed by atoms with E-state index in [1.54, 1.807) is 31.2 Å². The third kappa shape index (κ3) is 3.88. The first kappa shape index (κ1) is 23.9. The fraction of sp³-hybridized carbons (Fsp3) is 0.125. The van der Waals surface area contributed by atoms with Gasteiger partial charge in [-0.05, 0) is 43.7 Å². The minimum atomic E-state index is -2.35. The van der Waals surface area contributed by atoms with Crippen molar-refractivity contribution in [3.05, 3.63) is 81.9 Å². The van der Waals surface area contributed by atoms with Gasteiger partial charge in [-0.3, -0.25) is 4.79 Å². The highest BCUT2D eigenvalue weighted by Gasteiger charge is 2.37. The van der Waals surface area contributed by atoms with Crippen LogP contribution in [0.4, 0.5) is 27.6 Å². The molecule has 1 aliphatic heterocycles. The topological polar surface area (TPSA) is 72.1 Å². The molecule has 180 valence electrons. The number of carbonyl (C=O) groups excluding carboxylic acids is 2. The molecule has 1 aromatic heterocycles. The molecule has 0 saturated heterocycles. The van der Waals surface area contributed by atoms with E-state index in [1.165, 1.54) is 26.2 Å². The molecule has 11 heteroatoms. The third-order valence-electron chi connectivity index (χ3n) is 5.38. The van der Waals surface area contributed by atoms with E-state index in [0.29, 0.717) is 22.5 Å². The number of hydrogen-bond acceptors (Lipinski definition) is 5. The number of halogens is 5. The van der Waals surface area contributed by atoms with Crippen LogP contribution in [0.2, 0.25) is 0 Å². The van der Waals surface area contributed by atoms with Gasteiger partial charge in [0, 0.05) is 5.56 Å². The number of methoxy groups -OCH3 is 1. The molecule has 1 amide bonds. The minimum absolute atomic E-state index is 0.0410. The molecule has 0 N–H and O–H groups in total. The first-order valence-corrected chi connectivity index (χ1v) is 9.98. The number of furan rings is 1. The van der Waals surface area contributed by atoms with Crippen LogP contribution in [0, 0.1) is 36.0 Å². The van der Waals surface area contributed by atoms with Gasteiger partial charge in [0.1, 0.15) is 17.2 Å². The van der Waals surface area contributed by atoms with Crippen LogP contribution < -0.4 is 5.01 Å². The second-order valence-corrected chi connectivity index (χ2v) is 7.45. The van der Waals surface area contributed by atoms with Crippen LogP contribution in [0.5, 0.6) is 0 Å². The van der Waals surface area contributed by atoms with Gasteiger partial charge in [0.15, 0.2) is 23.3 Å². The maximum absolute atomic E-state index is 14.2. The summed E-state index contributed by atoms with van der Waals surface area (Å²) in [4.78, 5) is 24.7. The zero-order valence-corrected chi connectivity index (χ0v) is 18.4. The molecule has 0 fully saturated rings. The van der Waals surface area contributed by atoms with Gasteiger partial charge in [0.2, 0.25) is 5.82 Å². The van der Waals surface area contributed by atoms with E-state index >= 15 is 0 Å². The van der Waals surface area contributed by atoms with Crippen molar-refractivity contribution in [1.29, 1.82) is 0 Å². The molecule has 1 aliphatic rings. The number of carbonyl (C=O) groups is 2. The second kappa shape index (κ2) is 8.82. The van der Waals surface area contributed by atoms with Crippen molar-refractivity contribution in [3.63, 3.8) is 0 Å². The largest absolute Gasteiger partial charge is 0.465 e. The molecule has 0 bridgehead atoms. The van der Waals surface area contributed by atoms with Crippen LogP contribution in [-0.2, 0) is 9.53 Å². The number of nitrogens with zero attached hydrogens (tertiary/aromatic N) is 2. The van der Waals surface area contributed by atoms with Crippen molar-refractivity contribution in [2.24, 2.45) is 5.10 Å². The quantitative estimate of drug-likeness (QED) is 0.158. The SMILES string of the molecule is COC(=O)c1cccc(-c2ccc(/C=C3/C(=O)N(c4c(F)c(F)c(F)c(F)c4F)N=C3C)o2)c1C. The molecule has 2 heterocycles. The Bertz CT molecular complexity index is 1430. The molecule has 0 unspecified atom stereocenters. The van der Waals surface area contributed by atoms with E-state index < -0.39 is 46.6 Å². The summed E-state index contributed by atoms with van der Waals surface area (Å²) in [5.74, 6) is -12.3. The monoisotopic (exact) mass is 490 g/mol. The average Bonchev–Trinajstić information content (AvgIpc) is 3.41. The predicted molar refractivity (Wildman–Crippen MR) is 115 cm³/mol. The second-order valence-electron chi connectivity index (χ2n) is 7.45. The summed E-state index contributed by atoms with van der Waals surface area (Å²) in [5, 5.41) is 3.79. The highest BCUT2D eigenvalue weighted by molar-refractivity contribution is 6.32. The number of hydrogen-bond donors (Lipinski definition) is 0. The van der Waals surface area contributed by atoms with E-state index in [9.17, 15) is 31.5 Å². The van der Waals surface area contributed by atoms with Crippen molar-refractivity contribution in [2.45, 2.75) is 13.8 Å². The number of anilines is 1. The van der Waals surface area contributed by atoms with Gasteiger partial charge in [-0.2, -0.15) is 10.1 Å². The number of rotatable bonds is 4. The zero-order valence-electron chi connectivity index (χ0n) is 18.4. The number of esters is 1. The van der Waals surface area contributed by atoms with Crippen molar-refractivity contribution in [2.75, 3.05) is 12.1 Å². The number of benzene rings is 2. The molecule has 0 radical (unpaired) electrons. The standard InChI is InChI=1S/C24H15F5N2O4/c1-10-13(5-4-6-14(10)24(33)34-3)16-8-7-12(35-16)9-15-11(2)30-31(23(15)32)22-20(28)18(26)17(25)19(27)21(22)29/h4-9H,1-3H3/b15-9+. The Morgan fingerprint density at radius 3 is 2.23 bits per heavy atom. The zero-order chi connectivity index (χ0) is 25.6. The van der Waals surface area contributed by atoms with E-state index in [0.717, 1.165) is 0 Å². The lowest BCUT2D eigenvalue weighted by Crippen LogP contribution is -2.25. The van der Waals surface area contributed by atoms with Gasteiger partial charge in [-0.15, -0.1) is 0 Å². The number of hydrazone groups is 1. The van der Waals surface area contributed by atoms with Crippen molar-refractivity contribution in [3.8, 4) is 11.3 Å². The lowest BCUT2D eigenvalue weighted by molar-refractivity contribution is -0.114. The summed E-state index contributed by atoms with van der Waals surface area (Å²) in [6.45, 7) is 3.02. The first-order valence-electron chi connectivity index (χ1n) is 9.98. The molecular formula is C24H15F5N2O4. The Labute approximate surface area is 194 Å². The summed E-state index contributed by atoms with van der Waals surface area (Å²) in [7, 11) is 1.25. The van der Waals surface area contributed by atoms with Crippen LogP contribution in [0.3, 0.4) is 0 Å². The summed E-state index contributed by atoms with van der Waals surface area (Å²) in [6, 6.07) is 7.99. The van der Waals surface area contributed by atoms with Crippen molar-refractivity contribution >= 4 is 29.4 Å². The fourth-order valence-electron chi connectivity index (χ4n) is 3.57. The fourth-order valence-corrected chi connectivity index (χ4v) is 3.57. The molecular weight excluding hydrogens is 475 g/mol. The highest BCUT2D eigenvalue weighted by Crippen LogP contribution is 2.34. The van der Waals surface area contributed by atoms with E-state index in [1.807, 2.05) is 0 Å². The molecule has 0 aliphatic carbocycles. The maximum Gasteiger partial charge on any atom is 0.338 e. The minimum Gasteiger partial charge on any atom is -0.465 e. The molecule has 2 aromatic carbocycles. The summed E-state index contributed by atoms with van der Waals surface area (Å²) < 4.78 is 79.5. The Kier molecular flexibility index (Phi) is 6.01. The molecule has 4 rings (SSSR count). The van der Waals surface area contributed by atoms with Crippen LogP contribution in [0.15, 0.2) is 45.4 Å². The van der Waals surface area contributed by atoms with Crippen molar-refractivity contribution < 1.29 is 40.7 Å². The third-order valence-corrected chi connectivity index (χ3v) is 5.38. The van der Waals surface area contributed by atoms with E-state index in [2.05, 4.69) is 5.10 Å². The lowest BCUT2D eigenvalue weighted by atomic mass is 10.0. The van der Waals surface area contributed by atoms with Gasteiger partial charge in [0.05, 0.1) is 24.0 Å². The molecule has 0 spiro atoms. The lowest BCUT2D eigenvalue weighted by Gasteiger charge is -2.14. The molecule has 0 saturated carbocycles. The Morgan fingerprint density at radius 1 is 0.971 bits per heavy atom. The number of amides is 1. The van der Waals surface area contributed by atoms with Crippen LogP contribution >= 0.6 is 0 Å². The van der Waals surface area contributed by atoms with Gasteiger partial charge < -0.3 is 9.15 Å². The van der Waals surface area contributed by atoms with Gasteiger partial charge in [0.25, 0.3) is 5.91 Å². The van der Waals surface area contributed by atoms with Crippen molar-refractivity contribution in [1.82, 2.24) is 0 Å². The van der Waals surface area contributed by atoms with Crippen LogP contribution in [-0.4, -0.2) is 24.7 Å². The molecule has 3 aromatic rings. The normalized spacial score (nSPS) is 14.6. The molecule has 35 heavy (non-hydrogen) atoms. The molecule has 0 atom stereocenters. The number of ether oxygens (including phenoxy) is 1. The Morgan fingerprint density at radius 2 is 1.60 bits per heavy atom. The smallest absolute Gasteiger partial charge is 0.338 e. The summed E-state index contributed by atoms with van der Waals surface area (Å²) >= 11 is 0. The highest BCUT2D eigenvalue weighted by atomic mass is 19.2. The molecule has 6 nitrogen and oxygen atoms in total. The summed E-state index contributed by atoms with van der Waals surface area (Å²) in [6.07, 6.45) is 1.22. The van der Waals surface area contributed by atoms with E-state index in [4.69, 9.17) is 9.15 Å². The maximum atomic E-state index is 14.2. The van der Waals surface area contributed by atoms with E-state index in [-0.39, 0.29) is 22.1 Å². The van der Waals surface area contributed by atoms with Gasteiger partial charge in [-0.25, -0.2) is 26.7 Å².